The first-order valence-corrected chi connectivity index (χ1v) is 13.3. The first-order chi connectivity index (χ1) is 17.9. The molecule has 0 saturated carbocycles. The molecule has 0 heterocycles. The average molecular weight is 517 g/mol. The van der Waals surface area contributed by atoms with Crippen LogP contribution in [0, 0.1) is 6.92 Å². The zero-order valence-electron chi connectivity index (χ0n) is 21.6. The molecule has 6 nitrogen and oxygen atoms in total. The Labute approximate surface area is 220 Å². The summed E-state index contributed by atoms with van der Waals surface area (Å²) in [4.78, 5) is 15.1. The van der Waals surface area contributed by atoms with Crippen LogP contribution in [0.1, 0.15) is 24.5 Å². The van der Waals surface area contributed by atoms with Crippen LogP contribution in [-0.2, 0) is 27.1 Å². The van der Waals surface area contributed by atoms with E-state index in [4.69, 9.17) is 9.47 Å². The summed E-state index contributed by atoms with van der Waals surface area (Å²) in [5.74, 6) is 0.463. The standard InChI is InChI=1S/C30H32N2O4S/c1-21-9-5-6-10-23(21)20-32(22(2)19-30(33)36-4)29-18-17-28(26-11-7-8-12-27(26)29)31-37(34)25-15-13-24(35-3)14-16-25/h5-18,22,31H,19-20H2,1-4H3/t22-,37?/m0/s1. The van der Waals surface area contributed by atoms with Gasteiger partial charge in [-0.05, 0) is 61.4 Å². The Morgan fingerprint density at radius 3 is 2.27 bits per heavy atom. The number of aryl methyl sites for hydroxylation is 1. The van der Waals surface area contributed by atoms with E-state index in [1.54, 1.807) is 31.4 Å². The summed E-state index contributed by atoms with van der Waals surface area (Å²) in [6.07, 6.45) is 0.262. The lowest BCUT2D eigenvalue weighted by Gasteiger charge is -2.33. The van der Waals surface area contributed by atoms with E-state index < -0.39 is 11.0 Å². The van der Waals surface area contributed by atoms with Crippen molar-refractivity contribution >= 4 is 39.1 Å². The maximum absolute atomic E-state index is 13.1. The fraction of sp³-hybridized carbons (Fsp3) is 0.233. The highest BCUT2D eigenvalue weighted by molar-refractivity contribution is 7.86. The van der Waals surface area contributed by atoms with Crippen molar-refractivity contribution in [2.75, 3.05) is 23.8 Å². The number of nitrogens with zero attached hydrogens (tertiary/aromatic N) is 1. The van der Waals surface area contributed by atoms with Gasteiger partial charge in [-0.25, -0.2) is 4.21 Å². The highest BCUT2D eigenvalue weighted by Gasteiger charge is 2.22. The highest BCUT2D eigenvalue weighted by Crippen LogP contribution is 2.35. The first kappa shape index (κ1) is 26.2. The molecule has 0 aliphatic rings. The maximum atomic E-state index is 13.1. The van der Waals surface area contributed by atoms with Gasteiger partial charge in [0.1, 0.15) is 16.7 Å². The van der Waals surface area contributed by atoms with Crippen molar-refractivity contribution < 1.29 is 18.5 Å². The van der Waals surface area contributed by atoms with Crippen molar-refractivity contribution in [3.63, 3.8) is 0 Å². The summed E-state index contributed by atoms with van der Waals surface area (Å²) in [5, 5.41) is 1.95. The molecule has 4 rings (SSSR count). The Balaban J connectivity index is 1.72. The smallest absolute Gasteiger partial charge is 0.307 e. The molecule has 4 aromatic rings. The minimum absolute atomic E-state index is 0.109. The third-order valence-corrected chi connectivity index (χ3v) is 7.62. The van der Waals surface area contributed by atoms with Crippen molar-refractivity contribution in [1.29, 1.82) is 0 Å². The Kier molecular flexibility index (Phi) is 8.46. The summed E-state index contributed by atoms with van der Waals surface area (Å²) in [6, 6.07) is 27.3. The van der Waals surface area contributed by atoms with Gasteiger partial charge < -0.3 is 19.1 Å². The molecule has 0 aliphatic carbocycles. The van der Waals surface area contributed by atoms with Gasteiger partial charge in [-0.1, -0.05) is 48.5 Å². The lowest BCUT2D eigenvalue weighted by molar-refractivity contribution is -0.140. The van der Waals surface area contributed by atoms with Crippen LogP contribution in [0.4, 0.5) is 11.4 Å². The van der Waals surface area contributed by atoms with E-state index in [2.05, 4.69) is 34.7 Å². The molecule has 0 saturated heterocycles. The molecule has 37 heavy (non-hydrogen) atoms. The van der Waals surface area contributed by atoms with Crippen LogP contribution in [0.25, 0.3) is 10.8 Å². The molecule has 0 bridgehead atoms. The van der Waals surface area contributed by atoms with E-state index >= 15 is 0 Å². The van der Waals surface area contributed by atoms with Crippen LogP contribution >= 0.6 is 0 Å². The lowest BCUT2D eigenvalue weighted by atomic mass is 10.0. The largest absolute Gasteiger partial charge is 0.497 e. The molecule has 7 heteroatoms. The van der Waals surface area contributed by atoms with Gasteiger partial charge in [0.25, 0.3) is 0 Å². The Morgan fingerprint density at radius 2 is 1.59 bits per heavy atom. The number of fused-ring (bicyclic) bond motifs is 1. The van der Waals surface area contributed by atoms with Crippen molar-refractivity contribution in [2.24, 2.45) is 0 Å². The van der Waals surface area contributed by atoms with Gasteiger partial charge in [0.05, 0.1) is 31.2 Å². The second-order valence-corrected chi connectivity index (χ2v) is 10.1. The fourth-order valence-corrected chi connectivity index (χ4v) is 5.24. The molecule has 0 aliphatic heterocycles. The number of methoxy groups -OCH3 is 2. The van der Waals surface area contributed by atoms with Crippen LogP contribution < -0.4 is 14.4 Å². The minimum Gasteiger partial charge on any atom is -0.497 e. The Bertz CT molecular complexity index is 1400. The predicted octanol–water partition coefficient (Wildman–Crippen LogP) is 6.25. The number of esters is 1. The normalized spacial score (nSPS) is 12.5. The molecule has 2 atom stereocenters. The van der Waals surface area contributed by atoms with Crippen molar-refractivity contribution in [3.8, 4) is 5.75 Å². The number of hydrogen-bond donors (Lipinski definition) is 1. The van der Waals surface area contributed by atoms with E-state index in [0.717, 1.165) is 22.1 Å². The van der Waals surface area contributed by atoms with Gasteiger partial charge in [-0.2, -0.15) is 0 Å². The third-order valence-electron chi connectivity index (χ3n) is 6.51. The van der Waals surface area contributed by atoms with Crippen molar-refractivity contribution in [1.82, 2.24) is 0 Å². The number of hydrogen-bond acceptors (Lipinski definition) is 5. The SMILES string of the molecule is COC(=O)C[C@H](C)N(Cc1ccccc1C)c1ccc(NS(=O)c2ccc(OC)cc2)c2ccccc12. The van der Waals surface area contributed by atoms with Crippen molar-refractivity contribution in [3.05, 3.63) is 96.1 Å². The molecule has 1 N–H and O–H groups in total. The van der Waals surface area contributed by atoms with Crippen LogP contribution in [-0.4, -0.2) is 30.4 Å². The van der Waals surface area contributed by atoms with E-state index in [9.17, 15) is 9.00 Å². The monoisotopic (exact) mass is 516 g/mol. The number of nitrogens with one attached hydrogen (secondary N) is 1. The number of carbonyl (C=O) groups is 1. The van der Waals surface area contributed by atoms with Crippen molar-refractivity contribution in [2.45, 2.75) is 37.8 Å². The van der Waals surface area contributed by atoms with Gasteiger partial charge in [-0.15, -0.1) is 0 Å². The molecule has 0 spiro atoms. The lowest BCUT2D eigenvalue weighted by Crippen LogP contribution is -2.35. The molecule has 0 amide bonds. The topological polar surface area (TPSA) is 67.9 Å². The third kappa shape index (κ3) is 6.12. The molecular formula is C30H32N2O4S. The summed E-state index contributed by atoms with van der Waals surface area (Å²) < 4.78 is 26.5. The van der Waals surface area contributed by atoms with E-state index in [0.29, 0.717) is 17.2 Å². The van der Waals surface area contributed by atoms with Crippen LogP contribution in [0.2, 0.25) is 0 Å². The number of ether oxygens (including phenoxy) is 2. The van der Waals surface area contributed by atoms with Gasteiger partial charge in [-0.3, -0.25) is 4.79 Å². The fourth-order valence-electron chi connectivity index (χ4n) is 4.36. The summed E-state index contributed by atoms with van der Waals surface area (Å²) in [6.45, 7) is 4.77. The molecule has 192 valence electrons. The van der Waals surface area contributed by atoms with E-state index in [1.165, 1.54) is 18.2 Å². The molecular weight excluding hydrogens is 484 g/mol. The quantitative estimate of drug-likeness (QED) is 0.252. The zero-order chi connectivity index (χ0) is 26.4. The van der Waals surface area contributed by atoms with Gasteiger partial charge in [0, 0.05) is 29.0 Å². The van der Waals surface area contributed by atoms with Gasteiger partial charge >= 0.3 is 5.97 Å². The number of benzene rings is 4. The maximum Gasteiger partial charge on any atom is 0.307 e. The average Bonchev–Trinajstić information content (AvgIpc) is 2.93. The number of anilines is 2. The first-order valence-electron chi connectivity index (χ1n) is 12.1. The van der Waals surface area contributed by atoms with E-state index in [1.807, 2.05) is 49.4 Å². The van der Waals surface area contributed by atoms with E-state index in [-0.39, 0.29) is 18.4 Å². The highest BCUT2D eigenvalue weighted by atomic mass is 32.2. The predicted molar refractivity (Wildman–Crippen MR) is 150 cm³/mol. The molecule has 0 aromatic heterocycles. The Morgan fingerprint density at radius 1 is 0.919 bits per heavy atom. The summed E-state index contributed by atoms with van der Waals surface area (Å²) in [5.41, 5.74) is 4.14. The zero-order valence-corrected chi connectivity index (χ0v) is 22.4. The second-order valence-electron chi connectivity index (χ2n) is 8.91. The molecule has 0 fully saturated rings. The van der Waals surface area contributed by atoms with Crippen LogP contribution in [0.3, 0.4) is 0 Å². The second kappa shape index (κ2) is 11.9. The van der Waals surface area contributed by atoms with Gasteiger partial charge in [0.2, 0.25) is 0 Å². The summed E-state index contributed by atoms with van der Waals surface area (Å²) in [7, 11) is 1.57. The molecule has 4 aromatic carbocycles. The van der Waals surface area contributed by atoms with Crippen LogP contribution in [0.5, 0.6) is 5.75 Å². The summed E-state index contributed by atoms with van der Waals surface area (Å²) >= 11 is 0. The number of rotatable bonds is 10. The number of carbonyl (C=O) groups excluding carboxylic acids is 1. The van der Waals surface area contributed by atoms with Gasteiger partial charge in [0.15, 0.2) is 0 Å². The Hall–Kier alpha value is -3.84. The van der Waals surface area contributed by atoms with Crippen LogP contribution in [0.15, 0.2) is 89.8 Å². The molecule has 1 unspecified atom stereocenters. The molecule has 0 radical (unpaired) electrons. The minimum atomic E-state index is -1.45.